The van der Waals surface area contributed by atoms with E-state index < -0.39 is 6.80 Å². The van der Waals surface area contributed by atoms with Crippen LogP contribution in [0.3, 0.4) is 0 Å². The summed E-state index contributed by atoms with van der Waals surface area (Å²) >= 11 is 0. The number of rotatable bonds is 16. The maximum Gasteiger partial charge on any atom is 0.182 e. The highest BCUT2D eigenvalue weighted by atomic mass is 19.1. The van der Waals surface area contributed by atoms with Gasteiger partial charge in [0.25, 0.3) is 0 Å². The second kappa shape index (κ2) is 15.7. The van der Waals surface area contributed by atoms with Crippen molar-refractivity contribution >= 4 is 17.6 Å². The molecular weight excluding hydrogens is 505 g/mol. The summed E-state index contributed by atoms with van der Waals surface area (Å²) in [6.07, 6.45) is 19.3. The van der Waals surface area contributed by atoms with Crippen LogP contribution < -0.4 is 4.90 Å². The number of benzene rings is 2. The van der Waals surface area contributed by atoms with Crippen molar-refractivity contribution in [2.24, 2.45) is 16.9 Å². The summed E-state index contributed by atoms with van der Waals surface area (Å²) in [6.45, 7) is 13.7. The van der Waals surface area contributed by atoms with E-state index in [0.717, 1.165) is 48.5 Å². The van der Waals surface area contributed by atoms with Crippen LogP contribution in [0.15, 0.2) is 79.0 Å². The molecule has 3 nitrogen and oxygen atoms in total. The lowest BCUT2D eigenvalue weighted by atomic mass is 9.86. The van der Waals surface area contributed by atoms with E-state index in [1.165, 1.54) is 73.9 Å². The van der Waals surface area contributed by atoms with Crippen LogP contribution in [-0.4, -0.2) is 31.1 Å². The van der Waals surface area contributed by atoms with Crippen LogP contribution in [0.4, 0.5) is 10.1 Å². The van der Waals surface area contributed by atoms with Crippen LogP contribution in [0, 0.1) is 11.8 Å². The van der Waals surface area contributed by atoms with Crippen molar-refractivity contribution in [1.82, 2.24) is 5.01 Å². The molecule has 0 amide bonds. The molecule has 1 atom stereocenters. The first kappa shape index (κ1) is 30.8. The summed E-state index contributed by atoms with van der Waals surface area (Å²) in [6, 6.07) is 16.0. The van der Waals surface area contributed by atoms with Gasteiger partial charge in [-0.2, -0.15) is 5.10 Å². The number of aryl methyl sites for hydroxylation is 2. The molecule has 1 aliphatic carbocycles. The monoisotopic (exact) mass is 555 g/mol. The van der Waals surface area contributed by atoms with E-state index in [1.54, 1.807) is 30.0 Å². The number of hydrogen-bond donors (Lipinski definition) is 0. The van der Waals surface area contributed by atoms with Gasteiger partial charge in [0.1, 0.15) is 0 Å². The zero-order chi connectivity index (χ0) is 29.0. The van der Waals surface area contributed by atoms with E-state index in [-0.39, 0.29) is 0 Å². The molecule has 220 valence electrons. The molecule has 0 spiro atoms. The van der Waals surface area contributed by atoms with Crippen molar-refractivity contribution in [3.8, 4) is 0 Å². The maximum atomic E-state index is 14.0. The summed E-state index contributed by atoms with van der Waals surface area (Å²) in [4.78, 5) is 2.47. The van der Waals surface area contributed by atoms with Gasteiger partial charge in [0, 0.05) is 30.6 Å². The summed E-state index contributed by atoms with van der Waals surface area (Å²) in [7, 11) is 0. The first-order valence-electron chi connectivity index (χ1n) is 15.9. The van der Waals surface area contributed by atoms with Crippen LogP contribution in [0.5, 0.6) is 0 Å². The Balaban J connectivity index is 1.38. The van der Waals surface area contributed by atoms with Gasteiger partial charge in [0.15, 0.2) is 6.80 Å². The normalized spacial score (nSPS) is 16.9. The molecule has 0 N–H and O–H groups in total. The van der Waals surface area contributed by atoms with Gasteiger partial charge in [-0.3, -0.25) is 0 Å². The number of unbranched alkanes of at least 4 members (excludes halogenated alkanes) is 1. The SMILES string of the molecule is C=C/C=C\C=N/N(CF)C(=C)c1ccc(CC)cc1N1CCC(CCc2cccc(C(CCCC)C3CC3)c2)CC1. The maximum absolute atomic E-state index is 14.0. The fraction of sp³-hybridized carbons (Fsp3) is 0.486. The third-order valence-electron chi connectivity index (χ3n) is 8.98. The smallest absolute Gasteiger partial charge is 0.182 e. The summed E-state index contributed by atoms with van der Waals surface area (Å²) in [5.74, 6) is 2.42. The van der Waals surface area contributed by atoms with Gasteiger partial charge >= 0.3 is 0 Å². The molecule has 1 saturated heterocycles. The minimum absolute atomic E-state index is 0.582. The second-order valence-electron chi connectivity index (χ2n) is 11.9. The van der Waals surface area contributed by atoms with Crippen LogP contribution >= 0.6 is 0 Å². The quantitative estimate of drug-likeness (QED) is 0.0888. The Bertz CT molecular complexity index is 1190. The van der Waals surface area contributed by atoms with Crippen LogP contribution in [0.25, 0.3) is 5.70 Å². The Kier molecular flexibility index (Phi) is 11.8. The number of alkyl halides is 1. The van der Waals surface area contributed by atoms with Crippen LogP contribution in [-0.2, 0) is 12.8 Å². The fourth-order valence-electron chi connectivity index (χ4n) is 6.27. The lowest BCUT2D eigenvalue weighted by Crippen LogP contribution is -2.34. The fourth-order valence-corrected chi connectivity index (χ4v) is 6.27. The van der Waals surface area contributed by atoms with E-state index in [4.69, 9.17) is 0 Å². The molecule has 2 fully saturated rings. The molecule has 1 saturated carbocycles. The van der Waals surface area contributed by atoms with Crippen LogP contribution in [0.2, 0.25) is 0 Å². The largest absolute Gasteiger partial charge is 0.371 e. The topological polar surface area (TPSA) is 18.8 Å². The van der Waals surface area contributed by atoms with E-state index in [1.807, 2.05) is 0 Å². The van der Waals surface area contributed by atoms with Gasteiger partial charge in [-0.1, -0.05) is 88.4 Å². The van der Waals surface area contributed by atoms with Gasteiger partial charge in [-0.05, 0) is 98.0 Å². The lowest BCUT2D eigenvalue weighted by molar-refractivity contribution is 0.278. The number of hydrogen-bond acceptors (Lipinski definition) is 3. The summed E-state index contributed by atoms with van der Waals surface area (Å²) in [5.41, 5.74) is 7.06. The minimum atomic E-state index is -0.727. The Morgan fingerprint density at radius 3 is 2.56 bits per heavy atom. The van der Waals surface area contributed by atoms with E-state index in [2.05, 4.69) is 79.5 Å². The molecule has 2 aromatic rings. The Hall–Kier alpha value is -3.14. The Labute approximate surface area is 248 Å². The molecule has 1 heterocycles. The van der Waals surface area contributed by atoms with E-state index in [0.29, 0.717) is 5.70 Å². The molecular formula is C37H50FN3. The van der Waals surface area contributed by atoms with E-state index in [9.17, 15) is 4.39 Å². The predicted molar refractivity (Wildman–Crippen MR) is 175 cm³/mol. The zero-order valence-corrected chi connectivity index (χ0v) is 25.4. The summed E-state index contributed by atoms with van der Waals surface area (Å²) < 4.78 is 14.0. The van der Waals surface area contributed by atoms with Gasteiger partial charge in [0.2, 0.25) is 0 Å². The van der Waals surface area contributed by atoms with Crippen molar-refractivity contribution < 1.29 is 4.39 Å². The van der Waals surface area contributed by atoms with Gasteiger partial charge < -0.3 is 4.90 Å². The van der Waals surface area contributed by atoms with Gasteiger partial charge in [-0.15, -0.1) is 0 Å². The van der Waals surface area contributed by atoms with Crippen molar-refractivity contribution in [2.45, 2.75) is 84.0 Å². The Morgan fingerprint density at radius 2 is 1.88 bits per heavy atom. The number of halogens is 1. The van der Waals surface area contributed by atoms with Gasteiger partial charge in [0.05, 0.1) is 5.70 Å². The third-order valence-corrected chi connectivity index (χ3v) is 8.98. The van der Waals surface area contributed by atoms with Crippen molar-refractivity contribution in [3.63, 3.8) is 0 Å². The number of piperidine rings is 1. The Morgan fingerprint density at radius 1 is 1.07 bits per heavy atom. The molecule has 0 aromatic heterocycles. The average Bonchev–Trinajstić information content (AvgIpc) is 3.86. The first-order chi connectivity index (χ1) is 20.1. The highest BCUT2D eigenvalue weighted by molar-refractivity contribution is 5.77. The number of allylic oxidation sites excluding steroid dienone is 3. The standard InChI is InChI=1S/C37H50FN3/c1-5-8-10-23-39-41(28-38)29(4)35-20-17-30(7-3)27-37(35)40-24-21-31(22-25-40)15-16-32-12-11-13-34(26-32)36(14-9-6-2)33-18-19-33/h5,8,10-13,17,20,23,26-27,31,33,36H,1,4,6-7,9,14-16,18-19,21-22,24-25,28H2,2-3H3/b10-8-,39-23-. The molecule has 41 heavy (non-hydrogen) atoms. The number of nitrogens with zero attached hydrogens (tertiary/aromatic N) is 3. The number of hydrazone groups is 1. The molecule has 2 aromatic carbocycles. The first-order valence-corrected chi connectivity index (χ1v) is 15.9. The van der Waals surface area contributed by atoms with E-state index >= 15 is 0 Å². The number of anilines is 1. The molecule has 4 heteroatoms. The predicted octanol–water partition coefficient (Wildman–Crippen LogP) is 9.71. The average molecular weight is 556 g/mol. The molecule has 4 rings (SSSR count). The molecule has 1 unspecified atom stereocenters. The highest BCUT2D eigenvalue weighted by Crippen LogP contribution is 2.45. The molecule has 0 radical (unpaired) electrons. The molecule has 0 bridgehead atoms. The van der Waals surface area contributed by atoms with Crippen molar-refractivity contribution in [3.05, 3.63) is 96.1 Å². The van der Waals surface area contributed by atoms with Gasteiger partial charge in [-0.25, -0.2) is 9.40 Å². The van der Waals surface area contributed by atoms with Crippen LogP contribution in [0.1, 0.15) is 93.4 Å². The third kappa shape index (κ3) is 8.67. The highest BCUT2D eigenvalue weighted by Gasteiger charge is 2.31. The van der Waals surface area contributed by atoms with Crippen molar-refractivity contribution in [1.29, 1.82) is 0 Å². The zero-order valence-electron chi connectivity index (χ0n) is 25.4. The summed E-state index contributed by atoms with van der Waals surface area (Å²) in [5, 5.41) is 5.60. The van der Waals surface area contributed by atoms with Crippen molar-refractivity contribution in [2.75, 3.05) is 24.8 Å². The molecule has 1 aliphatic heterocycles. The lowest BCUT2D eigenvalue weighted by Gasteiger charge is -2.36. The minimum Gasteiger partial charge on any atom is -0.371 e. The molecule has 2 aliphatic rings. The second-order valence-corrected chi connectivity index (χ2v) is 11.9.